The number of carbonyl (C=O) groups is 2. The van der Waals surface area contributed by atoms with E-state index >= 15 is 0 Å². The molecule has 0 aliphatic rings. The monoisotopic (exact) mass is 381 g/mol. The Morgan fingerprint density at radius 2 is 1.89 bits per heavy atom. The molecule has 1 unspecified atom stereocenters. The summed E-state index contributed by atoms with van der Waals surface area (Å²) in [5.41, 5.74) is 2.04. The van der Waals surface area contributed by atoms with Crippen LogP contribution in [0.25, 0.3) is 10.9 Å². The van der Waals surface area contributed by atoms with E-state index in [2.05, 4.69) is 15.5 Å². The van der Waals surface area contributed by atoms with E-state index in [9.17, 15) is 9.59 Å². The number of aromatic amines is 1. The molecule has 2 N–H and O–H groups in total. The molecule has 1 amide bonds. The van der Waals surface area contributed by atoms with Crippen LogP contribution in [0, 0.1) is 0 Å². The van der Waals surface area contributed by atoms with Gasteiger partial charge in [0.25, 0.3) is 5.91 Å². The van der Waals surface area contributed by atoms with Crippen molar-refractivity contribution in [3.05, 3.63) is 59.8 Å². The third-order valence-corrected chi connectivity index (χ3v) is 4.27. The minimum absolute atomic E-state index is 0.0303. The second-order valence-corrected chi connectivity index (χ2v) is 6.71. The van der Waals surface area contributed by atoms with Crippen LogP contribution in [0.3, 0.4) is 0 Å². The van der Waals surface area contributed by atoms with Crippen molar-refractivity contribution in [1.29, 1.82) is 0 Å². The zero-order valence-electron chi connectivity index (χ0n) is 16.1. The molecule has 0 radical (unpaired) electrons. The van der Waals surface area contributed by atoms with Gasteiger partial charge in [-0.15, -0.1) is 0 Å². The summed E-state index contributed by atoms with van der Waals surface area (Å²) >= 11 is 0. The van der Waals surface area contributed by atoms with Gasteiger partial charge in [-0.3, -0.25) is 14.7 Å². The summed E-state index contributed by atoms with van der Waals surface area (Å²) in [7, 11) is 1.58. The summed E-state index contributed by atoms with van der Waals surface area (Å²) in [4.78, 5) is 25.0. The van der Waals surface area contributed by atoms with Crippen LogP contribution in [0.5, 0.6) is 5.75 Å². The van der Waals surface area contributed by atoms with E-state index in [0.717, 1.165) is 16.5 Å². The zero-order chi connectivity index (χ0) is 20.1. The summed E-state index contributed by atoms with van der Waals surface area (Å²) in [6, 6.07) is 12.0. The molecule has 0 saturated carbocycles. The molecule has 146 valence electrons. The number of rotatable bonds is 7. The highest BCUT2D eigenvalue weighted by Gasteiger charge is 2.21. The van der Waals surface area contributed by atoms with Crippen LogP contribution in [-0.4, -0.2) is 35.3 Å². The first-order valence-electron chi connectivity index (χ1n) is 9.03. The Balaban J connectivity index is 1.81. The molecular weight excluding hydrogens is 358 g/mol. The SMILES string of the molecule is COc1ccc(C(CC(=O)OC(C)C)NC(=O)c2ccc3cn[nH]c3c2)cc1. The molecule has 7 heteroatoms. The molecule has 2 aromatic carbocycles. The van der Waals surface area contributed by atoms with Gasteiger partial charge in [0.05, 0.1) is 37.4 Å². The Morgan fingerprint density at radius 1 is 1.14 bits per heavy atom. The summed E-state index contributed by atoms with van der Waals surface area (Å²) < 4.78 is 10.4. The lowest BCUT2D eigenvalue weighted by Gasteiger charge is -2.20. The third kappa shape index (κ3) is 4.68. The number of amides is 1. The topological polar surface area (TPSA) is 93.3 Å². The van der Waals surface area contributed by atoms with E-state index in [4.69, 9.17) is 9.47 Å². The van der Waals surface area contributed by atoms with E-state index in [0.29, 0.717) is 11.3 Å². The Bertz CT molecular complexity index is 963. The van der Waals surface area contributed by atoms with Gasteiger partial charge in [-0.1, -0.05) is 18.2 Å². The molecule has 1 atom stereocenters. The number of aromatic nitrogens is 2. The smallest absolute Gasteiger partial charge is 0.308 e. The fraction of sp³-hybridized carbons (Fsp3) is 0.286. The van der Waals surface area contributed by atoms with Crippen LogP contribution in [0.1, 0.15) is 42.2 Å². The fourth-order valence-electron chi connectivity index (χ4n) is 2.89. The molecule has 1 heterocycles. The molecule has 3 rings (SSSR count). The lowest BCUT2D eigenvalue weighted by molar-refractivity contribution is -0.147. The zero-order valence-corrected chi connectivity index (χ0v) is 16.1. The van der Waals surface area contributed by atoms with Crippen LogP contribution in [0.4, 0.5) is 0 Å². The van der Waals surface area contributed by atoms with E-state index in [1.165, 1.54) is 0 Å². The van der Waals surface area contributed by atoms with Crippen LogP contribution in [-0.2, 0) is 9.53 Å². The Hall–Kier alpha value is -3.35. The predicted molar refractivity (Wildman–Crippen MR) is 105 cm³/mol. The molecule has 0 bridgehead atoms. The van der Waals surface area contributed by atoms with Gasteiger partial charge in [-0.05, 0) is 43.7 Å². The van der Waals surface area contributed by atoms with Crippen molar-refractivity contribution < 1.29 is 19.1 Å². The Kier molecular flexibility index (Phi) is 5.93. The minimum atomic E-state index is -0.526. The summed E-state index contributed by atoms with van der Waals surface area (Å²) in [5.74, 6) is 0.0399. The molecule has 0 aliphatic heterocycles. The molecule has 28 heavy (non-hydrogen) atoms. The van der Waals surface area contributed by atoms with Gasteiger partial charge in [0.1, 0.15) is 5.75 Å². The van der Waals surface area contributed by atoms with Gasteiger partial charge in [0, 0.05) is 10.9 Å². The van der Waals surface area contributed by atoms with E-state index in [-0.39, 0.29) is 24.4 Å². The lowest BCUT2D eigenvalue weighted by atomic mass is 10.0. The number of carbonyl (C=O) groups excluding carboxylic acids is 2. The maximum Gasteiger partial charge on any atom is 0.308 e. The number of nitrogens with zero attached hydrogens (tertiary/aromatic N) is 1. The maximum absolute atomic E-state index is 12.8. The van der Waals surface area contributed by atoms with Gasteiger partial charge < -0.3 is 14.8 Å². The summed E-state index contributed by atoms with van der Waals surface area (Å²) in [5, 5.41) is 10.7. The number of hydrogen-bond acceptors (Lipinski definition) is 5. The van der Waals surface area contributed by atoms with Crippen LogP contribution < -0.4 is 10.1 Å². The van der Waals surface area contributed by atoms with Gasteiger partial charge in [0.2, 0.25) is 0 Å². The highest BCUT2D eigenvalue weighted by atomic mass is 16.5. The number of benzene rings is 2. The quantitative estimate of drug-likeness (QED) is 0.612. The predicted octanol–water partition coefficient (Wildman–Crippen LogP) is 3.38. The maximum atomic E-state index is 12.8. The summed E-state index contributed by atoms with van der Waals surface area (Å²) in [6.07, 6.45) is 1.50. The van der Waals surface area contributed by atoms with Crippen LogP contribution in [0.2, 0.25) is 0 Å². The highest BCUT2D eigenvalue weighted by Crippen LogP contribution is 2.22. The first-order chi connectivity index (χ1) is 13.5. The molecule has 3 aromatic rings. The fourth-order valence-corrected chi connectivity index (χ4v) is 2.89. The first kappa shape index (κ1) is 19.4. The molecule has 1 aromatic heterocycles. The number of fused-ring (bicyclic) bond motifs is 1. The van der Waals surface area contributed by atoms with Crippen LogP contribution >= 0.6 is 0 Å². The molecule has 0 saturated heterocycles. The molecule has 7 nitrogen and oxygen atoms in total. The second kappa shape index (κ2) is 8.56. The number of ether oxygens (including phenoxy) is 2. The van der Waals surface area contributed by atoms with Crippen molar-refractivity contribution in [2.45, 2.75) is 32.4 Å². The molecular formula is C21H23N3O4. The number of H-pyrrole nitrogens is 1. The number of methoxy groups -OCH3 is 1. The number of hydrogen-bond donors (Lipinski definition) is 2. The normalized spacial score (nSPS) is 12.0. The summed E-state index contributed by atoms with van der Waals surface area (Å²) in [6.45, 7) is 3.58. The molecule has 0 spiro atoms. The van der Waals surface area contributed by atoms with Crippen molar-refractivity contribution in [1.82, 2.24) is 15.5 Å². The minimum Gasteiger partial charge on any atom is -0.497 e. The van der Waals surface area contributed by atoms with E-state index in [1.54, 1.807) is 51.4 Å². The molecule has 0 aliphatic carbocycles. The second-order valence-electron chi connectivity index (χ2n) is 6.71. The van der Waals surface area contributed by atoms with Gasteiger partial charge in [-0.2, -0.15) is 5.10 Å². The average molecular weight is 381 g/mol. The third-order valence-electron chi connectivity index (χ3n) is 4.27. The van der Waals surface area contributed by atoms with Crippen molar-refractivity contribution in [3.8, 4) is 5.75 Å². The van der Waals surface area contributed by atoms with E-state index in [1.807, 2.05) is 18.2 Å². The van der Waals surface area contributed by atoms with Crippen LogP contribution in [0.15, 0.2) is 48.7 Å². The van der Waals surface area contributed by atoms with Gasteiger partial charge in [0.15, 0.2) is 0 Å². The highest BCUT2D eigenvalue weighted by molar-refractivity contribution is 5.98. The van der Waals surface area contributed by atoms with Gasteiger partial charge >= 0.3 is 5.97 Å². The first-order valence-corrected chi connectivity index (χ1v) is 9.03. The van der Waals surface area contributed by atoms with Crippen molar-refractivity contribution in [2.75, 3.05) is 7.11 Å². The van der Waals surface area contributed by atoms with Crippen molar-refractivity contribution >= 4 is 22.8 Å². The average Bonchev–Trinajstić information content (AvgIpc) is 3.14. The van der Waals surface area contributed by atoms with Crippen molar-refractivity contribution in [3.63, 3.8) is 0 Å². The number of nitrogens with one attached hydrogen (secondary N) is 2. The number of esters is 1. The molecule has 0 fully saturated rings. The Morgan fingerprint density at radius 3 is 2.57 bits per heavy atom. The van der Waals surface area contributed by atoms with Crippen molar-refractivity contribution in [2.24, 2.45) is 0 Å². The standard InChI is InChI=1S/C21H23N3O4/c1-13(2)28-20(25)11-18(14-6-8-17(27-3)9-7-14)23-21(26)15-4-5-16-12-22-24-19(16)10-15/h4-10,12-13,18H,11H2,1-3H3,(H,22,24)(H,23,26). The lowest BCUT2D eigenvalue weighted by Crippen LogP contribution is -2.31. The van der Waals surface area contributed by atoms with E-state index < -0.39 is 6.04 Å². The van der Waals surface area contributed by atoms with Gasteiger partial charge in [-0.25, -0.2) is 0 Å². The largest absolute Gasteiger partial charge is 0.497 e. The Labute approximate surface area is 163 Å².